The Balaban J connectivity index is 0.00000171. The second-order valence-corrected chi connectivity index (χ2v) is 6.59. The molecule has 0 radical (unpaired) electrons. The third-order valence-corrected chi connectivity index (χ3v) is 4.71. The highest BCUT2D eigenvalue weighted by atomic mass is 19.1. The molecule has 0 spiro atoms. The van der Waals surface area contributed by atoms with Gasteiger partial charge in [-0.25, -0.2) is 18.6 Å². The van der Waals surface area contributed by atoms with Crippen LogP contribution in [0.15, 0.2) is 58.0 Å². The van der Waals surface area contributed by atoms with E-state index in [0.29, 0.717) is 22.1 Å². The average molecular weight is 398 g/mol. The van der Waals surface area contributed by atoms with Crippen molar-refractivity contribution in [2.24, 2.45) is 0 Å². The summed E-state index contributed by atoms with van der Waals surface area (Å²) in [7, 11) is 0. The van der Waals surface area contributed by atoms with Gasteiger partial charge < -0.3 is 9.15 Å². The third-order valence-electron chi connectivity index (χ3n) is 4.71. The van der Waals surface area contributed by atoms with E-state index in [1.807, 2.05) is 0 Å². The highest BCUT2D eigenvalue weighted by Crippen LogP contribution is 2.28. The topological polar surface area (TPSA) is 65.2 Å². The van der Waals surface area contributed by atoms with Crippen LogP contribution in [-0.2, 0) is 6.42 Å². The predicted molar refractivity (Wildman–Crippen MR) is 107 cm³/mol. The van der Waals surface area contributed by atoms with E-state index in [2.05, 4.69) is 9.97 Å². The Bertz CT molecular complexity index is 1300. The summed E-state index contributed by atoms with van der Waals surface area (Å²) < 4.78 is 38.9. The molecule has 7 heteroatoms. The summed E-state index contributed by atoms with van der Waals surface area (Å²) in [5, 5.41) is 0.680. The zero-order valence-corrected chi connectivity index (χ0v) is 15.7. The third kappa shape index (κ3) is 3.59. The van der Waals surface area contributed by atoms with Gasteiger partial charge >= 0.3 is 5.63 Å². The number of halogens is 2. The second-order valence-electron chi connectivity index (χ2n) is 6.59. The second kappa shape index (κ2) is 7.43. The van der Waals surface area contributed by atoms with Gasteiger partial charge in [-0.1, -0.05) is 0 Å². The molecule has 0 aliphatic rings. The fraction of sp³-hybridized carbons (Fsp3) is 0.136. The van der Waals surface area contributed by atoms with E-state index >= 15 is 0 Å². The van der Waals surface area contributed by atoms with Gasteiger partial charge in [0.05, 0.1) is 5.69 Å². The molecule has 3 heterocycles. The summed E-state index contributed by atoms with van der Waals surface area (Å²) in [6.45, 7) is 3.35. The smallest absolute Gasteiger partial charge is 0.340 e. The van der Waals surface area contributed by atoms with Crippen LogP contribution in [0.4, 0.5) is 8.78 Å². The summed E-state index contributed by atoms with van der Waals surface area (Å²) in [4.78, 5) is 20.3. The van der Waals surface area contributed by atoms with Crippen LogP contribution < -0.4 is 10.4 Å². The Morgan fingerprint density at radius 3 is 2.72 bits per heavy atom. The van der Waals surface area contributed by atoms with E-state index in [0.717, 1.165) is 0 Å². The molecule has 0 amide bonds. The Morgan fingerprint density at radius 1 is 1.10 bits per heavy atom. The Morgan fingerprint density at radius 2 is 1.93 bits per heavy atom. The number of rotatable bonds is 4. The minimum atomic E-state index is -0.602. The molecule has 0 fully saturated rings. The van der Waals surface area contributed by atoms with Crippen LogP contribution in [-0.4, -0.2) is 9.97 Å². The lowest BCUT2D eigenvalue weighted by Gasteiger charge is -2.11. The maximum atomic E-state index is 14.3. The Hall–Kier alpha value is -3.61. The van der Waals surface area contributed by atoms with Gasteiger partial charge in [-0.3, -0.25) is 4.98 Å². The van der Waals surface area contributed by atoms with Crippen molar-refractivity contribution in [3.05, 3.63) is 93.2 Å². The molecule has 0 saturated heterocycles. The molecule has 0 unspecified atom stereocenters. The van der Waals surface area contributed by atoms with E-state index < -0.39 is 17.3 Å². The average Bonchev–Trinajstić information content (AvgIpc) is 2.70. The first-order chi connectivity index (χ1) is 13.9. The lowest BCUT2D eigenvalue weighted by Crippen LogP contribution is -2.12. The Kier molecular flexibility index (Phi) is 4.80. The number of nitrogens with zero attached hydrogens (tertiary/aromatic N) is 2. The van der Waals surface area contributed by atoms with Gasteiger partial charge in [0.15, 0.2) is 5.82 Å². The van der Waals surface area contributed by atoms with E-state index in [-0.39, 0.29) is 32.2 Å². The van der Waals surface area contributed by atoms with Crippen molar-refractivity contribution >= 4 is 11.0 Å². The highest BCUT2D eigenvalue weighted by molar-refractivity contribution is 5.82. The predicted octanol–water partition coefficient (Wildman–Crippen LogP) is 5.35. The number of aromatic nitrogens is 2. The molecule has 29 heavy (non-hydrogen) atoms. The first-order valence-corrected chi connectivity index (χ1v) is 8.88. The van der Waals surface area contributed by atoms with Crippen molar-refractivity contribution in [3.8, 4) is 11.6 Å². The zero-order valence-electron chi connectivity index (χ0n) is 15.7. The molecule has 1 aromatic carbocycles. The maximum absolute atomic E-state index is 14.3. The molecule has 3 aromatic heterocycles. The molecule has 4 aromatic rings. The minimum Gasteiger partial charge on any atom is -0.436 e. The number of aryl methyl sites for hydroxylation is 2. The maximum Gasteiger partial charge on any atom is 0.340 e. The summed E-state index contributed by atoms with van der Waals surface area (Å²) >= 11 is 0. The number of pyridine rings is 2. The molecular weight excluding hydrogens is 378 g/mol. The van der Waals surface area contributed by atoms with Gasteiger partial charge in [0.25, 0.3) is 5.88 Å². The van der Waals surface area contributed by atoms with Gasteiger partial charge in [0.1, 0.15) is 17.1 Å². The summed E-state index contributed by atoms with van der Waals surface area (Å²) in [5.74, 6) is -0.935. The largest absolute Gasteiger partial charge is 0.436 e. The van der Waals surface area contributed by atoms with Crippen LogP contribution in [0, 0.1) is 25.5 Å². The molecule has 0 saturated carbocycles. The van der Waals surface area contributed by atoms with Crippen LogP contribution in [0.25, 0.3) is 11.0 Å². The number of hydrogen-bond donors (Lipinski definition) is 0. The fourth-order valence-electron chi connectivity index (χ4n) is 3.13. The SMILES string of the molecule is Cc1nccc(Cc2c(C)c3ccc(Oc4ncccc4F)cc3oc2=O)c1F.[HH].[HH]. The number of ether oxygens (including phenoxy) is 1. The van der Waals surface area contributed by atoms with Crippen LogP contribution in [0.2, 0.25) is 0 Å². The van der Waals surface area contributed by atoms with Crippen molar-refractivity contribution in [2.45, 2.75) is 20.3 Å². The van der Waals surface area contributed by atoms with Crippen LogP contribution >= 0.6 is 0 Å². The quantitative estimate of drug-likeness (QED) is 0.434. The zero-order chi connectivity index (χ0) is 20.5. The standard InChI is InChI=1S/C22H16F2N2O3.2H2/c1-12-16-6-5-15(28-21-18(23)4-3-8-26-21)11-19(16)29-22(27)17(12)10-14-7-9-25-13(2)20(14)24;;/h3-9,11H,10H2,1-2H3;2*1H. The highest BCUT2D eigenvalue weighted by Gasteiger charge is 2.16. The normalized spacial score (nSPS) is 11.0. The lowest BCUT2D eigenvalue weighted by atomic mass is 9.99. The van der Waals surface area contributed by atoms with Gasteiger partial charge in [-0.05, 0) is 55.3 Å². The fourth-order valence-corrected chi connectivity index (χ4v) is 3.13. The Labute approximate surface area is 167 Å². The summed E-state index contributed by atoms with van der Waals surface area (Å²) in [6, 6.07) is 9.08. The number of fused-ring (bicyclic) bond motifs is 1. The minimum absolute atomic E-state index is 0. The van der Waals surface area contributed by atoms with Gasteiger partial charge in [-0.15, -0.1) is 0 Å². The van der Waals surface area contributed by atoms with Gasteiger partial charge in [-0.2, -0.15) is 0 Å². The van der Waals surface area contributed by atoms with E-state index in [9.17, 15) is 13.6 Å². The molecule has 0 N–H and O–H groups in total. The monoisotopic (exact) mass is 398 g/mol. The van der Waals surface area contributed by atoms with Gasteiger partial charge in [0, 0.05) is 38.7 Å². The van der Waals surface area contributed by atoms with Crippen molar-refractivity contribution in [3.63, 3.8) is 0 Å². The van der Waals surface area contributed by atoms with Crippen LogP contribution in [0.1, 0.15) is 25.2 Å². The molecule has 0 aliphatic carbocycles. The molecule has 150 valence electrons. The van der Waals surface area contributed by atoms with Crippen molar-refractivity contribution in [2.75, 3.05) is 0 Å². The van der Waals surface area contributed by atoms with E-state index in [1.165, 1.54) is 30.6 Å². The molecule has 0 bridgehead atoms. The van der Waals surface area contributed by atoms with Crippen molar-refractivity contribution in [1.29, 1.82) is 0 Å². The van der Waals surface area contributed by atoms with Gasteiger partial charge in [0.2, 0.25) is 0 Å². The lowest BCUT2D eigenvalue weighted by molar-refractivity contribution is 0.422. The first kappa shape index (κ1) is 18.7. The van der Waals surface area contributed by atoms with Crippen molar-refractivity contribution in [1.82, 2.24) is 9.97 Å². The molecule has 0 atom stereocenters. The molecule has 5 nitrogen and oxygen atoms in total. The number of benzene rings is 1. The van der Waals surface area contributed by atoms with E-state index in [1.54, 1.807) is 32.0 Å². The van der Waals surface area contributed by atoms with Crippen LogP contribution in [0.5, 0.6) is 11.6 Å². The van der Waals surface area contributed by atoms with E-state index in [4.69, 9.17) is 9.15 Å². The summed E-state index contributed by atoms with van der Waals surface area (Å²) in [6.07, 6.45) is 3.01. The summed E-state index contributed by atoms with van der Waals surface area (Å²) in [5.41, 5.74) is 1.42. The molecule has 4 rings (SSSR count). The molecule has 0 aliphatic heterocycles. The molecular formula is C22H20F2N2O3. The van der Waals surface area contributed by atoms with Crippen molar-refractivity contribution < 1.29 is 20.8 Å². The number of hydrogen-bond acceptors (Lipinski definition) is 5. The first-order valence-electron chi connectivity index (χ1n) is 8.88. The van der Waals surface area contributed by atoms with Crippen LogP contribution in [0.3, 0.4) is 0 Å².